The van der Waals surface area contributed by atoms with Crippen LogP contribution in [0.5, 0.6) is 12.0 Å². The minimum absolute atomic E-state index is 0.0147. The highest BCUT2D eigenvalue weighted by molar-refractivity contribution is 5.26. The molecule has 19 heavy (non-hydrogen) atoms. The molecule has 1 N–H and O–H groups in total. The molecule has 0 aromatic carbocycles. The van der Waals surface area contributed by atoms with Crippen LogP contribution in [0.4, 0.5) is 5.95 Å². The van der Waals surface area contributed by atoms with E-state index < -0.39 is 0 Å². The normalized spacial score (nSPS) is 10.9. The topological polar surface area (TPSA) is 69.2 Å². The fourth-order valence-corrected chi connectivity index (χ4v) is 1.43. The fraction of sp³-hybridized carbons (Fsp3) is 0.769. The van der Waals surface area contributed by atoms with Gasteiger partial charge in [-0.1, -0.05) is 13.8 Å². The van der Waals surface area contributed by atoms with Crippen LogP contribution in [-0.4, -0.2) is 34.7 Å². The Balaban J connectivity index is 2.60. The van der Waals surface area contributed by atoms with Crippen molar-refractivity contribution < 1.29 is 9.47 Å². The van der Waals surface area contributed by atoms with Gasteiger partial charge in [-0.15, -0.1) is 4.98 Å². The van der Waals surface area contributed by atoms with Gasteiger partial charge >= 0.3 is 12.0 Å². The molecule has 1 aromatic heterocycles. The van der Waals surface area contributed by atoms with E-state index in [1.807, 2.05) is 13.8 Å². The van der Waals surface area contributed by atoms with Gasteiger partial charge in [0.1, 0.15) is 0 Å². The maximum Gasteiger partial charge on any atom is 0.324 e. The number of hydrogen-bond acceptors (Lipinski definition) is 6. The van der Waals surface area contributed by atoms with Crippen LogP contribution >= 0.6 is 0 Å². The van der Waals surface area contributed by atoms with Gasteiger partial charge in [-0.05, 0) is 32.6 Å². The van der Waals surface area contributed by atoms with Crippen molar-refractivity contribution in [3.63, 3.8) is 0 Å². The highest BCUT2D eigenvalue weighted by Crippen LogP contribution is 2.14. The van der Waals surface area contributed by atoms with E-state index in [9.17, 15) is 0 Å². The van der Waals surface area contributed by atoms with Crippen LogP contribution in [0.2, 0.25) is 0 Å². The first-order valence-corrected chi connectivity index (χ1v) is 6.74. The Morgan fingerprint density at radius 2 is 1.74 bits per heavy atom. The lowest BCUT2D eigenvalue weighted by Gasteiger charge is -2.11. The SMILES string of the molecule is CNc1nc(OCCCC(C)C)nc(OC(C)C)n1. The molecule has 6 nitrogen and oxygen atoms in total. The minimum atomic E-state index is 0.0147. The van der Waals surface area contributed by atoms with Crippen LogP contribution in [0.15, 0.2) is 0 Å². The van der Waals surface area contributed by atoms with Crippen LogP contribution in [0, 0.1) is 5.92 Å². The van der Waals surface area contributed by atoms with Crippen molar-refractivity contribution in [1.82, 2.24) is 15.0 Å². The van der Waals surface area contributed by atoms with E-state index in [1.165, 1.54) is 0 Å². The van der Waals surface area contributed by atoms with Gasteiger partial charge in [0.15, 0.2) is 0 Å². The Morgan fingerprint density at radius 1 is 1.05 bits per heavy atom. The number of hydrogen-bond donors (Lipinski definition) is 1. The molecule has 0 amide bonds. The average molecular weight is 268 g/mol. The molecule has 108 valence electrons. The molecule has 0 unspecified atom stereocenters. The fourth-order valence-electron chi connectivity index (χ4n) is 1.43. The maximum absolute atomic E-state index is 5.54. The highest BCUT2D eigenvalue weighted by atomic mass is 16.5. The van der Waals surface area contributed by atoms with Crippen molar-refractivity contribution >= 4 is 5.95 Å². The Labute approximate surface area is 115 Å². The third-order valence-corrected chi connectivity index (χ3v) is 2.32. The third-order valence-electron chi connectivity index (χ3n) is 2.32. The molecule has 0 radical (unpaired) electrons. The molecule has 0 saturated carbocycles. The molecule has 0 fully saturated rings. The Kier molecular flexibility index (Phi) is 6.32. The lowest BCUT2D eigenvalue weighted by Crippen LogP contribution is -2.12. The van der Waals surface area contributed by atoms with Crippen LogP contribution in [0.1, 0.15) is 40.5 Å². The second-order valence-corrected chi connectivity index (χ2v) is 5.03. The van der Waals surface area contributed by atoms with Crippen molar-refractivity contribution in [2.45, 2.75) is 46.6 Å². The summed E-state index contributed by atoms with van der Waals surface area (Å²) >= 11 is 0. The molecule has 0 saturated heterocycles. The third kappa shape index (κ3) is 6.22. The van der Waals surface area contributed by atoms with Gasteiger partial charge < -0.3 is 14.8 Å². The van der Waals surface area contributed by atoms with E-state index in [2.05, 4.69) is 34.1 Å². The summed E-state index contributed by atoms with van der Waals surface area (Å²) in [6.07, 6.45) is 2.12. The average Bonchev–Trinajstić information content (AvgIpc) is 2.33. The van der Waals surface area contributed by atoms with E-state index in [0.717, 1.165) is 12.8 Å². The summed E-state index contributed by atoms with van der Waals surface area (Å²) in [4.78, 5) is 12.4. The van der Waals surface area contributed by atoms with Crippen molar-refractivity contribution in [2.75, 3.05) is 19.0 Å². The molecule has 6 heteroatoms. The Hall–Kier alpha value is -1.59. The lowest BCUT2D eigenvalue weighted by atomic mass is 10.1. The molecule has 0 bridgehead atoms. The predicted octanol–water partition coefficient (Wildman–Crippen LogP) is 2.52. The minimum Gasteiger partial charge on any atom is -0.463 e. The maximum atomic E-state index is 5.54. The van der Waals surface area contributed by atoms with Gasteiger partial charge in [-0.25, -0.2) is 0 Å². The van der Waals surface area contributed by atoms with Gasteiger partial charge in [-0.2, -0.15) is 9.97 Å². The smallest absolute Gasteiger partial charge is 0.324 e. The Morgan fingerprint density at radius 3 is 2.32 bits per heavy atom. The molecule has 0 aliphatic carbocycles. The van der Waals surface area contributed by atoms with Crippen molar-refractivity contribution in [2.24, 2.45) is 5.92 Å². The number of nitrogens with one attached hydrogen (secondary N) is 1. The summed E-state index contributed by atoms with van der Waals surface area (Å²) in [5.41, 5.74) is 0. The number of rotatable bonds is 8. The molecule has 0 atom stereocenters. The zero-order valence-corrected chi connectivity index (χ0v) is 12.4. The van der Waals surface area contributed by atoms with E-state index in [1.54, 1.807) is 7.05 Å². The standard InChI is InChI=1S/C13H24N4O2/c1-9(2)7-6-8-18-12-15-11(14-5)16-13(17-12)19-10(3)4/h9-10H,6-8H2,1-5H3,(H,14,15,16,17). The van der Waals surface area contributed by atoms with Gasteiger partial charge in [-0.3, -0.25) is 0 Å². The first kappa shape index (κ1) is 15.5. The molecular weight excluding hydrogens is 244 g/mol. The monoisotopic (exact) mass is 268 g/mol. The summed E-state index contributed by atoms with van der Waals surface area (Å²) in [5, 5.41) is 2.87. The number of ether oxygens (including phenoxy) is 2. The molecular formula is C13H24N4O2. The van der Waals surface area contributed by atoms with E-state index >= 15 is 0 Å². The van der Waals surface area contributed by atoms with E-state index in [-0.39, 0.29) is 12.1 Å². The molecule has 1 aromatic rings. The molecule has 0 aliphatic heterocycles. The number of nitrogens with zero attached hydrogens (tertiary/aromatic N) is 3. The lowest BCUT2D eigenvalue weighted by molar-refractivity contribution is 0.212. The molecule has 0 spiro atoms. The Bertz CT molecular complexity index is 383. The van der Waals surface area contributed by atoms with Gasteiger partial charge in [0.25, 0.3) is 0 Å². The van der Waals surface area contributed by atoms with Gasteiger partial charge in [0.05, 0.1) is 12.7 Å². The van der Waals surface area contributed by atoms with Crippen LogP contribution in [0.25, 0.3) is 0 Å². The summed E-state index contributed by atoms with van der Waals surface area (Å²) in [7, 11) is 1.75. The van der Waals surface area contributed by atoms with Crippen LogP contribution < -0.4 is 14.8 Å². The first-order chi connectivity index (χ1) is 9.01. The van der Waals surface area contributed by atoms with E-state index in [4.69, 9.17) is 9.47 Å². The molecule has 1 rings (SSSR count). The van der Waals surface area contributed by atoms with Crippen LogP contribution in [0.3, 0.4) is 0 Å². The largest absolute Gasteiger partial charge is 0.463 e. The summed E-state index contributed by atoms with van der Waals surface area (Å²) in [6, 6.07) is 0.590. The number of aromatic nitrogens is 3. The molecule has 0 aliphatic rings. The van der Waals surface area contributed by atoms with Gasteiger partial charge in [0.2, 0.25) is 5.95 Å². The first-order valence-electron chi connectivity index (χ1n) is 6.74. The zero-order chi connectivity index (χ0) is 14.3. The number of anilines is 1. The zero-order valence-electron chi connectivity index (χ0n) is 12.4. The van der Waals surface area contributed by atoms with Crippen molar-refractivity contribution in [1.29, 1.82) is 0 Å². The van der Waals surface area contributed by atoms with Crippen LogP contribution in [-0.2, 0) is 0 Å². The summed E-state index contributed by atoms with van der Waals surface area (Å²) in [5.74, 6) is 1.12. The van der Waals surface area contributed by atoms with Crippen molar-refractivity contribution in [3.8, 4) is 12.0 Å². The molecule has 1 heterocycles. The van der Waals surface area contributed by atoms with E-state index in [0.29, 0.717) is 24.5 Å². The predicted molar refractivity (Wildman–Crippen MR) is 74.7 cm³/mol. The second kappa shape index (κ2) is 7.76. The second-order valence-electron chi connectivity index (χ2n) is 5.03. The highest BCUT2D eigenvalue weighted by Gasteiger charge is 2.09. The summed E-state index contributed by atoms with van der Waals surface area (Å²) < 4.78 is 11.0. The van der Waals surface area contributed by atoms with Crippen molar-refractivity contribution in [3.05, 3.63) is 0 Å². The summed E-state index contributed by atoms with van der Waals surface area (Å²) in [6.45, 7) is 8.83. The van der Waals surface area contributed by atoms with Gasteiger partial charge in [0, 0.05) is 7.05 Å². The quantitative estimate of drug-likeness (QED) is 0.731.